The topological polar surface area (TPSA) is 132 Å². The molecule has 0 spiro atoms. The van der Waals surface area contributed by atoms with E-state index in [2.05, 4.69) is 36.6 Å². The van der Waals surface area contributed by atoms with E-state index in [1.807, 2.05) is 0 Å². The summed E-state index contributed by atoms with van der Waals surface area (Å²) >= 11 is 2.99. The zero-order chi connectivity index (χ0) is 8.91. The van der Waals surface area contributed by atoms with Gasteiger partial charge in [-0.05, 0) is 26.4 Å². The number of phosphoric acid groups is 1. The van der Waals surface area contributed by atoms with Gasteiger partial charge in [-0.1, -0.05) is 0 Å². The number of rotatable bonds is 0. The molecule has 0 saturated carbocycles. The van der Waals surface area contributed by atoms with E-state index >= 15 is 0 Å². The van der Waals surface area contributed by atoms with Crippen LogP contribution in [0.15, 0.2) is 4.73 Å². The standard InChI is InChI=1S/CHBrN4.H3O4P/c2-1-3-5-6-4-1;1-5(2,3)4/h(H,3,4,5,6);(H3,1,2,3,4). The molecule has 1 rings (SSSR count). The summed E-state index contributed by atoms with van der Waals surface area (Å²) in [6.07, 6.45) is 0. The Balaban J connectivity index is 0.000000187. The minimum atomic E-state index is -4.64. The minimum Gasteiger partial charge on any atom is -0.303 e. The molecule has 0 fully saturated rings. The van der Waals surface area contributed by atoms with E-state index in [4.69, 9.17) is 19.2 Å². The zero-order valence-electron chi connectivity index (χ0n) is 4.92. The molecule has 0 radical (unpaired) electrons. The van der Waals surface area contributed by atoms with E-state index in [-0.39, 0.29) is 0 Å². The van der Waals surface area contributed by atoms with Gasteiger partial charge >= 0.3 is 7.82 Å². The number of aromatic amines is 1. The molecule has 64 valence electrons. The third kappa shape index (κ3) is 12.8. The van der Waals surface area contributed by atoms with E-state index in [0.29, 0.717) is 4.73 Å². The molecule has 1 heterocycles. The molecule has 0 amide bonds. The van der Waals surface area contributed by atoms with Crippen molar-refractivity contribution in [2.45, 2.75) is 0 Å². The van der Waals surface area contributed by atoms with E-state index in [1.165, 1.54) is 0 Å². The maximum absolute atomic E-state index is 8.88. The van der Waals surface area contributed by atoms with Crippen molar-refractivity contribution in [2.24, 2.45) is 0 Å². The van der Waals surface area contributed by atoms with Gasteiger partial charge in [-0.15, -0.1) is 5.10 Å². The van der Waals surface area contributed by atoms with Crippen LogP contribution in [0.1, 0.15) is 0 Å². The molecule has 8 nitrogen and oxygen atoms in total. The molecule has 0 bridgehead atoms. The highest BCUT2D eigenvalue weighted by molar-refractivity contribution is 9.10. The highest BCUT2D eigenvalue weighted by Gasteiger charge is 2.00. The normalized spacial score (nSPS) is 10.2. The molecule has 0 aromatic carbocycles. The molecule has 0 aliphatic rings. The van der Waals surface area contributed by atoms with Crippen LogP contribution in [0, 0.1) is 0 Å². The van der Waals surface area contributed by atoms with Crippen LogP contribution in [0.5, 0.6) is 0 Å². The predicted molar refractivity (Wildman–Crippen MR) is 36.1 cm³/mol. The lowest BCUT2D eigenvalue weighted by atomic mass is 11.4. The smallest absolute Gasteiger partial charge is 0.303 e. The summed E-state index contributed by atoms with van der Waals surface area (Å²) in [5.41, 5.74) is 0. The third-order valence-corrected chi connectivity index (χ3v) is 0.655. The molecule has 0 unspecified atom stereocenters. The summed E-state index contributed by atoms with van der Waals surface area (Å²) in [6, 6.07) is 0. The van der Waals surface area contributed by atoms with Gasteiger partial charge in [0, 0.05) is 0 Å². The van der Waals surface area contributed by atoms with Crippen molar-refractivity contribution >= 4 is 23.8 Å². The summed E-state index contributed by atoms with van der Waals surface area (Å²) in [7, 11) is -4.64. The predicted octanol–water partition coefficient (Wildman–Crippen LogP) is -0.966. The Labute approximate surface area is 69.0 Å². The van der Waals surface area contributed by atoms with Crippen molar-refractivity contribution in [1.82, 2.24) is 20.6 Å². The van der Waals surface area contributed by atoms with Gasteiger partial charge in [0.1, 0.15) is 0 Å². The first-order valence-electron chi connectivity index (χ1n) is 2.07. The number of nitrogens with zero attached hydrogens (tertiary/aromatic N) is 3. The van der Waals surface area contributed by atoms with Crippen molar-refractivity contribution in [3.8, 4) is 0 Å². The second-order valence-electron chi connectivity index (χ2n) is 1.21. The fourth-order valence-electron chi connectivity index (χ4n) is 0.148. The van der Waals surface area contributed by atoms with Gasteiger partial charge < -0.3 is 14.7 Å². The number of H-pyrrole nitrogens is 1. The maximum Gasteiger partial charge on any atom is 0.466 e. The fraction of sp³-hybridized carbons (Fsp3) is 0. The fourth-order valence-corrected chi connectivity index (χ4v) is 0.298. The molecular weight excluding hydrogens is 243 g/mol. The molecule has 10 heteroatoms. The Bertz CT molecular complexity index is 222. The first-order valence-corrected chi connectivity index (χ1v) is 4.43. The van der Waals surface area contributed by atoms with Gasteiger partial charge in [0.05, 0.1) is 0 Å². The third-order valence-electron chi connectivity index (χ3n) is 0.319. The van der Waals surface area contributed by atoms with E-state index in [9.17, 15) is 0 Å². The number of hydrogen-bond acceptors (Lipinski definition) is 4. The van der Waals surface area contributed by atoms with Crippen molar-refractivity contribution in [3.05, 3.63) is 4.73 Å². The first-order chi connectivity index (χ1) is 4.89. The first kappa shape index (κ1) is 10.7. The summed E-state index contributed by atoms with van der Waals surface area (Å²) in [5, 5.41) is 12.4. The van der Waals surface area contributed by atoms with Crippen LogP contribution in [-0.2, 0) is 4.57 Å². The van der Waals surface area contributed by atoms with E-state index < -0.39 is 7.82 Å². The monoisotopic (exact) mass is 246 g/mol. The van der Waals surface area contributed by atoms with Crippen LogP contribution in [0.3, 0.4) is 0 Å². The van der Waals surface area contributed by atoms with Crippen LogP contribution < -0.4 is 0 Å². The van der Waals surface area contributed by atoms with E-state index in [1.54, 1.807) is 0 Å². The highest BCUT2D eigenvalue weighted by Crippen LogP contribution is 2.25. The second kappa shape index (κ2) is 4.52. The van der Waals surface area contributed by atoms with Crippen molar-refractivity contribution in [3.63, 3.8) is 0 Å². The van der Waals surface area contributed by atoms with Crippen LogP contribution in [0.2, 0.25) is 0 Å². The van der Waals surface area contributed by atoms with Gasteiger partial charge in [0.15, 0.2) is 0 Å². The van der Waals surface area contributed by atoms with Crippen LogP contribution in [0.25, 0.3) is 0 Å². The lowest BCUT2D eigenvalue weighted by molar-refractivity contribution is 0.275. The van der Waals surface area contributed by atoms with Gasteiger partial charge in [0.25, 0.3) is 0 Å². The molecule has 11 heavy (non-hydrogen) atoms. The second-order valence-corrected chi connectivity index (χ2v) is 2.98. The number of hydrogen-bond donors (Lipinski definition) is 4. The lowest BCUT2D eigenvalue weighted by Crippen LogP contribution is -1.66. The van der Waals surface area contributed by atoms with E-state index in [0.717, 1.165) is 0 Å². The molecule has 0 aliphatic heterocycles. The van der Waals surface area contributed by atoms with Crippen molar-refractivity contribution in [1.29, 1.82) is 0 Å². The minimum absolute atomic E-state index is 0.558. The molecule has 0 aliphatic carbocycles. The summed E-state index contributed by atoms with van der Waals surface area (Å²) < 4.78 is 9.44. The average Bonchev–Trinajstić information content (AvgIpc) is 2.12. The highest BCUT2D eigenvalue weighted by atomic mass is 79.9. The van der Waals surface area contributed by atoms with Crippen molar-refractivity contribution < 1.29 is 19.2 Å². The summed E-state index contributed by atoms with van der Waals surface area (Å²) in [4.78, 5) is 21.6. The molecule has 0 atom stereocenters. The molecule has 1 aromatic heterocycles. The van der Waals surface area contributed by atoms with Crippen LogP contribution >= 0.6 is 23.8 Å². The summed E-state index contributed by atoms with van der Waals surface area (Å²) in [5.74, 6) is 0. The Morgan fingerprint density at radius 1 is 1.45 bits per heavy atom. The molecular formula is CH4BrN4O4P. The Morgan fingerprint density at radius 2 is 1.91 bits per heavy atom. The molecule has 4 N–H and O–H groups in total. The number of tetrazole rings is 1. The average molecular weight is 247 g/mol. The Morgan fingerprint density at radius 3 is 2.00 bits per heavy atom. The Kier molecular flexibility index (Phi) is 4.38. The number of nitrogens with one attached hydrogen (secondary N) is 1. The molecule has 1 aromatic rings. The lowest BCUT2D eigenvalue weighted by Gasteiger charge is -1.82. The summed E-state index contributed by atoms with van der Waals surface area (Å²) in [6.45, 7) is 0. The van der Waals surface area contributed by atoms with Crippen molar-refractivity contribution in [2.75, 3.05) is 0 Å². The van der Waals surface area contributed by atoms with Gasteiger partial charge in [0.2, 0.25) is 4.73 Å². The van der Waals surface area contributed by atoms with Crippen LogP contribution in [-0.4, -0.2) is 35.3 Å². The quantitative estimate of drug-likeness (QED) is 0.433. The Hall–Kier alpha value is -0.340. The largest absolute Gasteiger partial charge is 0.466 e. The number of aromatic nitrogens is 4. The van der Waals surface area contributed by atoms with Crippen LogP contribution in [0.4, 0.5) is 0 Å². The molecule has 0 saturated heterocycles. The SMILES string of the molecule is Brc1nnn[nH]1.O=P(O)(O)O. The van der Waals surface area contributed by atoms with Gasteiger partial charge in [-0.25, -0.2) is 9.66 Å². The zero-order valence-corrected chi connectivity index (χ0v) is 7.40. The maximum atomic E-state index is 8.88. The number of halogens is 1. The van der Waals surface area contributed by atoms with Gasteiger partial charge in [-0.2, -0.15) is 0 Å². The van der Waals surface area contributed by atoms with Gasteiger partial charge in [-0.3, -0.25) is 0 Å².